The Morgan fingerprint density at radius 3 is 2.14 bits per heavy atom. The maximum atomic E-state index is 14.4. The largest absolute Gasteiger partial charge is 0.478 e. The molecule has 180 valence electrons. The van der Waals surface area contributed by atoms with E-state index >= 15 is 0 Å². The van der Waals surface area contributed by atoms with Crippen LogP contribution in [0.2, 0.25) is 0 Å². The van der Waals surface area contributed by atoms with E-state index in [0.717, 1.165) is 22.3 Å². The molecule has 9 heteroatoms. The number of carbonyl (C=O) groups excluding carboxylic acids is 2. The first kappa shape index (κ1) is 23.9. The third kappa shape index (κ3) is 4.84. The summed E-state index contributed by atoms with van der Waals surface area (Å²) < 4.78 is 34.0. The molecule has 0 heterocycles. The standard InChI is InChI=1S/C26H22F2N2O5/c1-15-16(23(31)32)11-6-12-22(15)30-24(33)26(27,28)14-29-25(34)35-13-21-19-9-4-2-7-17(19)18-8-3-5-10-20(18)21/h2-12,21H,13-14H2,1H3,(H,29,34)(H,30,33)(H,31,32). The number of carboxylic acid groups (broad SMARTS) is 1. The van der Waals surface area contributed by atoms with E-state index in [9.17, 15) is 23.2 Å². The van der Waals surface area contributed by atoms with Crippen LogP contribution in [0.1, 0.15) is 33.0 Å². The number of nitrogens with one attached hydrogen (secondary N) is 2. The van der Waals surface area contributed by atoms with Crippen LogP contribution in [0.4, 0.5) is 19.3 Å². The molecule has 0 aromatic heterocycles. The molecule has 0 bridgehead atoms. The maximum absolute atomic E-state index is 14.4. The van der Waals surface area contributed by atoms with Crippen LogP contribution < -0.4 is 10.6 Å². The lowest BCUT2D eigenvalue weighted by molar-refractivity contribution is -0.138. The number of alkyl halides is 2. The molecule has 0 saturated carbocycles. The van der Waals surface area contributed by atoms with E-state index in [1.807, 2.05) is 59.2 Å². The molecule has 4 rings (SSSR count). The normalized spacial score (nSPS) is 12.4. The molecule has 0 radical (unpaired) electrons. The number of carbonyl (C=O) groups is 3. The van der Waals surface area contributed by atoms with Gasteiger partial charge in [0.1, 0.15) is 6.61 Å². The highest BCUT2D eigenvalue weighted by Crippen LogP contribution is 2.44. The number of aromatic carboxylic acids is 1. The second-order valence-electron chi connectivity index (χ2n) is 8.12. The van der Waals surface area contributed by atoms with Gasteiger partial charge in [-0.25, -0.2) is 9.59 Å². The summed E-state index contributed by atoms with van der Waals surface area (Å²) in [6.07, 6.45) is -1.08. The number of anilines is 1. The average Bonchev–Trinajstić information content (AvgIpc) is 3.16. The smallest absolute Gasteiger partial charge is 0.407 e. The lowest BCUT2D eigenvalue weighted by atomic mass is 9.98. The van der Waals surface area contributed by atoms with E-state index in [0.29, 0.717) is 0 Å². The summed E-state index contributed by atoms with van der Waals surface area (Å²) in [4.78, 5) is 35.5. The number of hydrogen-bond acceptors (Lipinski definition) is 4. The molecule has 7 nitrogen and oxygen atoms in total. The van der Waals surface area contributed by atoms with Gasteiger partial charge in [0, 0.05) is 11.6 Å². The van der Waals surface area contributed by atoms with Gasteiger partial charge in [0.2, 0.25) is 0 Å². The molecule has 0 aliphatic heterocycles. The van der Waals surface area contributed by atoms with Gasteiger partial charge >= 0.3 is 18.0 Å². The number of fused-ring (bicyclic) bond motifs is 3. The summed E-state index contributed by atoms with van der Waals surface area (Å²) in [5, 5.41) is 13.1. The van der Waals surface area contributed by atoms with Crippen molar-refractivity contribution in [3.63, 3.8) is 0 Å². The minimum atomic E-state index is -3.96. The van der Waals surface area contributed by atoms with E-state index in [4.69, 9.17) is 9.84 Å². The van der Waals surface area contributed by atoms with Gasteiger partial charge in [0.15, 0.2) is 0 Å². The second kappa shape index (κ2) is 9.54. The second-order valence-corrected chi connectivity index (χ2v) is 8.12. The third-order valence-electron chi connectivity index (χ3n) is 5.94. The van der Waals surface area contributed by atoms with E-state index in [1.165, 1.54) is 25.1 Å². The number of hydrogen-bond donors (Lipinski definition) is 3. The fourth-order valence-electron chi connectivity index (χ4n) is 4.13. The highest BCUT2D eigenvalue weighted by Gasteiger charge is 2.40. The molecule has 1 aliphatic carbocycles. The zero-order valence-corrected chi connectivity index (χ0v) is 18.7. The SMILES string of the molecule is Cc1c(NC(=O)C(F)(F)CNC(=O)OCC2c3ccccc3-c3ccccc32)cccc1C(=O)O. The predicted molar refractivity (Wildman–Crippen MR) is 125 cm³/mol. The molecule has 1 aliphatic rings. The van der Waals surface area contributed by atoms with Crippen LogP contribution >= 0.6 is 0 Å². The van der Waals surface area contributed by atoms with Gasteiger partial charge in [-0.3, -0.25) is 4.79 Å². The Morgan fingerprint density at radius 2 is 1.54 bits per heavy atom. The van der Waals surface area contributed by atoms with Crippen LogP contribution in [0, 0.1) is 6.92 Å². The van der Waals surface area contributed by atoms with Crippen LogP contribution in [-0.4, -0.2) is 42.2 Å². The van der Waals surface area contributed by atoms with Crippen molar-refractivity contribution in [2.75, 3.05) is 18.5 Å². The Bertz CT molecular complexity index is 1260. The van der Waals surface area contributed by atoms with Crippen LogP contribution in [0.15, 0.2) is 66.7 Å². The van der Waals surface area contributed by atoms with Gasteiger partial charge in [0.05, 0.1) is 12.1 Å². The zero-order valence-electron chi connectivity index (χ0n) is 18.7. The summed E-state index contributed by atoms with van der Waals surface area (Å²) in [6.45, 7) is 0.0537. The Labute approximate surface area is 199 Å². The summed E-state index contributed by atoms with van der Waals surface area (Å²) >= 11 is 0. The Balaban J connectivity index is 1.35. The molecule has 0 unspecified atom stereocenters. The fraction of sp³-hybridized carbons (Fsp3) is 0.192. The van der Waals surface area contributed by atoms with Crippen LogP contribution in [0.25, 0.3) is 11.1 Å². The number of carboxylic acids is 1. The minimum Gasteiger partial charge on any atom is -0.478 e. The number of halogens is 2. The van der Waals surface area contributed by atoms with Crippen molar-refractivity contribution in [2.45, 2.75) is 18.8 Å². The molecular weight excluding hydrogens is 458 g/mol. The topological polar surface area (TPSA) is 105 Å². The summed E-state index contributed by atoms with van der Waals surface area (Å²) in [7, 11) is 0. The van der Waals surface area contributed by atoms with Gasteiger partial charge < -0.3 is 20.5 Å². The molecule has 2 amide bonds. The Kier molecular flexibility index (Phi) is 6.50. The first-order valence-electron chi connectivity index (χ1n) is 10.8. The predicted octanol–water partition coefficient (Wildman–Crippen LogP) is 4.81. The maximum Gasteiger partial charge on any atom is 0.407 e. The monoisotopic (exact) mass is 480 g/mol. The molecule has 35 heavy (non-hydrogen) atoms. The van der Waals surface area contributed by atoms with Crippen molar-refractivity contribution in [3.05, 3.63) is 89.0 Å². The molecule has 3 aromatic carbocycles. The minimum absolute atomic E-state index is 0.0567. The van der Waals surface area contributed by atoms with Gasteiger partial charge in [-0.1, -0.05) is 54.6 Å². The number of amides is 2. The first-order valence-corrected chi connectivity index (χ1v) is 10.8. The number of ether oxygens (including phenoxy) is 1. The summed E-state index contributed by atoms with van der Waals surface area (Å²) in [5.41, 5.74) is 3.97. The zero-order chi connectivity index (χ0) is 25.2. The molecule has 3 N–H and O–H groups in total. The number of alkyl carbamates (subject to hydrolysis) is 1. The van der Waals surface area contributed by atoms with Gasteiger partial charge in [-0.05, 0) is 46.9 Å². The molecule has 3 aromatic rings. The molecule has 0 spiro atoms. The third-order valence-corrected chi connectivity index (χ3v) is 5.94. The summed E-state index contributed by atoms with van der Waals surface area (Å²) in [5.74, 6) is -7.12. The van der Waals surface area contributed by atoms with Crippen molar-refractivity contribution >= 4 is 23.7 Å². The Morgan fingerprint density at radius 1 is 0.943 bits per heavy atom. The van der Waals surface area contributed by atoms with E-state index in [-0.39, 0.29) is 29.3 Å². The van der Waals surface area contributed by atoms with Crippen molar-refractivity contribution in [1.29, 1.82) is 0 Å². The van der Waals surface area contributed by atoms with Crippen molar-refractivity contribution in [2.24, 2.45) is 0 Å². The van der Waals surface area contributed by atoms with E-state index in [1.54, 1.807) is 0 Å². The highest BCUT2D eigenvalue weighted by molar-refractivity contribution is 5.99. The van der Waals surface area contributed by atoms with Gasteiger partial charge in [0.25, 0.3) is 5.91 Å². The van der Waals surface area contributed by atoms with Gasteiger partial charge in [-0.15, -0.1) is 0 Å². The molecular formula is C26H22F2N2O5. The van der Waals surface area contributed by atoms with Crippen molar-refractivity contribution in [3.8, 4) is 11.1 Å². The highest BCUT2D eigenvalue weighted by atomic mass is 19.3. The van der Waals surface area contributed by atoms with Crippen LogP contribution in [-0.2, 0) is 9.53 Å². The van der Waals surface area contributed by atoms with E-state index < -0.39 is 30.4 Å². The quantitative estimate of drug-likeness (QED) is 0.450. The van der Waals surface area contributed by atoms with Crippen molar-refractivity contribution < 1.29 is 33.0 Å². The fourth-order valence-corrected chi connectivity index (χ4v) is 4.13. The molecule has 0 atom stereocenters. The number of rotatable bonds is 7. The van der Waals surface area contributed by atoms with Gasteiger partial charge in [-0.2, -0.15) is 8.78 Å². The lowest BCUT2D eigenvalue weighted by Gasteiger charge is -2.19. The van der Waals surface area contributed by atoms with Crippen molar-refractivity contribution in [1.82, 2.24) is 5.32 Å². The Hall–Kier alpha value is -4.27. The number of benzene rings is 3. The lowest BCUT2D eigenvalue weighted by Crippen LogP contribution is -2.45. The molecule has 0 fully saturated rings. The average molecular weight is 480 g/mol. The van der Waals surface area contributed by atoms with E-state index in [2.05, 4.69) is 0 Å². The van der Waals surface area contributed by atoms with Crippen LogP contribution in [0.5, 0.6) is 0 Å². The summed E-state index contributed by atoms with van der Waals surface area (Å²) in [6, 6.07) is 19.3. The molecule has 0 saturated heterocycles. The van der Waals surface area contributed by atoms with Crippen LogP contribution in [0.3, 0.4) is 0 Å². The first-order chi connectivity index (χ1) is 16.7.